The normalized spacial score (nSPS) is 28.7. The van der Waals surface area contributed by atoms with E-state index >= 15 is 0 Å². The lowest BCUT2D eigenvalue weighted by molar-refractivity contribution is -0.130. The summed E-state index contributed by atoms with van der Waals surface area (Å²) >= 11 is 1.63. The van der Waals surface area contributed by atoms with E-state index in [-0.39, 0.29) is 34.8 Å². The third-order valence-corrected chi connectivity index (χ3v) is 8.21. The third-order valence-electron chi connectivity index (χ3n) is 5.62. The van der Waals surface area contributed by atoms with Crippen molar-refractivity contribution in [3.8, 4) is 0 Å². The number of carbonyl (C=O) groups excluding carboxylic acids is 1. The standard InChI is InChI=1S/C16H23N3O4S2/c20-15(18-12-9-25(21,22)10-12)13-7-19(8-14-17-3-6-24-14)11-16(13)1-4-23-5-2-16/h3,6,12-13H,1-2,4-5,7-11H2,(H,18,20)/t13-/m1/s1. The number of nitrogens with one attached hydrogen (secondary N) is 1. The fourth-order valence-corrected chi connectivity index (χ4v) is 6.26. The van der Waals surface area contributed by atoms with Crippen molar-refractivity contribution in [1.29, 1.82) is 0 Å². The van der Waals surface area contributed by atoms with Crippen LogP contribution in [0.15, 0.2) is 11.6 Å². The lowest BCUT2D eigenvalue weighted by Gasteiger charge is -2.38. The van der Waals surface area contributed by atoms with E-state index in [0.29, 0.717) is 19.8 Å². The predicted molar refractivity (Wildman–Crippen MR) is 94.0 cm³/mol. The Bertz CT molecular complexity index is 717. The molecule has 4 rings (SSSR count). The van der Waals surface area contributed by atoms with Gasteiger partial charge in [0.2, 0.25) is 5.91 Å². The van der Waals surface area contributed by atoms with E-state index in [0.717, 1.165) is 30.9 Å². The average Bonchev–Trinajstić information content (AvgIpc) is 3.15. The first kappa shape index (κ1) is 17.4. The van der Waals surface area contributed by atoms with E-state index in [9.17, 15) is 13.2 Å². The Morgan fingerprint density at radius 2 is 2.16 bits per heavy atom. The number of thiazole rings is 1. The molecule has 0 aliphatic carbocycles. The van der Waals surface area contributed by atoms with Crippen LogP contribution >= 0.6 is 11.3 Å². The van der Waals surface area contributed by atoms with Gasteiger partial charge < -0.3 is 10.1 Å². The molecule has 1 N–H and O–H groups in total. The van der Waals surface area contributed by atoms with E-state index < -0.39 is 9.84 Å². The molecule has 0 unspecified atom stereocenters. The van der Waals surface area contributed by atoms with Crippen molar-refractivity contribution in [3.05, 3.63) is 16.6 Å². The molecule has 3 saturated heterocycles. The van der Waals surface area contributed by atoms with E-state index in [2.05, 4.69) is 15.2 Å². The largest absolute Gasteiger partial charge is 0.381 e. The second kappa shape index (κ2) is 6.61. The highest BCUT2D eigenvalue weighted by molar-refractivity contribution is 7.92. The molecule has 3 aliphatic rings. The third kappa shape index (κ3) is 3.60. The smallest absolute Gasteiger partial charge is 0.225 e. The number of hydrogen-bond acceptors (Lipinski definition) is 7. The molecule has 1 spiro atoms. The number of rotatable bonds is 4. The molecule has 3 aliphatic heterocycles. The summed E-state index contributed by atoms with van der Waals surface area (Å²) < 4.78 is 28.2. The summed E-state index contributed by atoms with van der Waals surface area (Å²) in [7, 11) is -2.93. The quantitative estimate of drug-likeness (QED) is 0.801. The van der Waals surface area contributed by atoms with E-state index in [1.807, 2.05) is 11.6 Å². The zero-order valence-electron chi connectivity index (χ0n) is 14.0. The van der Waals surface area contributed by atoms with Crippen LogP contribution in [-0.2, 0) is 25.9 Å². The first-order valence-electron chi connectivity index (χ1n) is 8.65. The Kier molecular flexibility index (Phi) is 4.59. The zero-order chi connectivity index (χ0) is 17.5. The number of ether oxygens (including phenoxy) is 1. The fourth-order valence-electron chi connectivity index (χ4n) is 4.31. The lowest BCUT2D eigenvalue weighted by Crippen LogP contribution is -2.56. The Labute approximate surface area is 151 Å². The van der Waals surface area contributed by atoms with Gasteiger partial charge in [0.25, 0.3) is 0 Å². The number of aromatic nitrogens is 1. The molecule has 138 valence electrons. The Morgan fingerprint density at radius 3 is 2.80 bits per heavy atom. The van der Waals surface area contributed by atoms with Crippen molar-refractivity contribution < 1.29 is 17.9 Å². The Morgan fingerprint density at radius 1 is 1.40 bits per heavy atom. The lowest BCUT2D eigenvalue weighted by atomic mass is 9.71. The van der Waals surface area contributed by atoms with E-state index in [1.165, 1.54) is 0 Å². The van der Waals surface area contributed by atoms with Crippen molar-refractivity contribution in [1.82, 2.24) is 15.2 Å². The number of sulfone groups is 1. The second-order valence-electron chi connectivity index (χ2n) is 7.41. The monoisotopic (exact) mass is 385 g/mol. The summed E-state index contributed by atoms with van der Waals surface area (Å²) in [5.41, 5.74) is -0.0672. The van der Waals surface area contributed by atoms with Crippen LogP contribution in [0.25, 0.3) is 0 Å². The molecule has 25 heavy (non-hydrogen) atoms. The van der Waals surface area contributed by atoms with Crippen LogP contribution in [0.2, 0.25) is 0 Å². The van der Waals surface area contributed by atoms with Gasteiger partial charge in [-0.2, -0.15) is 0 Å². The Balaban J connectivity index is 1.46. The number of nitrogens with zero attached hydrogens (tertiary/aromatic N) is 2. The highest BCUT2D eigenvalue weighted by Crippen LogP contribution is 2.45. The van der Waals surface area contributed by atoms with E-state index in [1.54, 1.807) is 11.3 Å². The highest BCUT2D eigenvalue weighted by atomic mass is 32.2. The van der Waals surface area contributed by atoms with E-state index in [4.69, 9.17) is 4.74 Å². The molecule has 1 atom stereocenters. The molecule has 0 saturated carbocycles. The van der Waals surface area contributed by atoms with Gasteiger partial charge in [-0.1, -0.05) is 0 Å². The molecule has 0 bridgehead atoms. The number of likely N-dealkylation sites (tertiary alicyclic amines) is 1. The summed E-state index contributed by atoms with van der Waals surface area (Å²) in [5, 5.41) is 6.00. The molecule has 3 fully saturated rings. The van der Waals surface area contributed by atoms with Gasteiger partial charge in [-0.25, -0.2) is 13.4 Å². The maximum absolute atomic E-state index is 12.9. The van der Waals surface area contributed by atoms with Crippen LogP contribution in [0.4, 0.5) is 0 Å². The van der Waals surface area contributed by atoms with Gasteiger partial charge in [-0.3, -0.25) is 9.69 Å². The minimum absolute atomic E-state index is 0.00318. The van der Waals surface area contributed by atoms with Gasteiger partial charge in [-0.15, -0.1) is 11.3 Å². The van der Waals surface area contributed by atoms with Gasteiger partial charge >= 0.3 is 0 Å². The van der Waals surface area contributed by atoms with Crippen LogP contribution in [0.5, 0.6) is 0 Å². The second-order valence-corrected chi connectivity index (χ2v) is 10.5. The predicted octanol–water partition coefficient (Wildman–Crippen LogP) is 0.285. The van der Waals surface area contributed by atoms with Crippen molar-refractivity contribution in [3.63, 3.8) is 0 Å². The van der Waals surface area contributed by atoms with Crippen LogP contribution in [0.3, 0.4) is 0 Å². The van der Waals surface area contributed by atoms with Crippen LogP contribution in [-0.4, -0.2) is 68.1 Å². The van der Waals surface area contributed by atoms with Crippen LogP contribution in [0.1, 0.15) is 17.8 Å². The molecule has 4 heterocycles. The van der Waals surface area contributed by atoms with Gasteiger partial charge in [-0.05, 0) is 12.8 Å². The fraction of sp³-hybridized carbons (Fsp3) is 0.750. The number of carbonyl (C=O) groups is 1. The SMILES string of the molecule is O=C(NC1CS(=O)(=O)C1)[C@H]1CN(Cc2nccs2)CC12CCOCC2. The minimum Gasteiger partial charge on any atom is -0.381 e. The molecule has 0 aromatic carbocycles. The molecular weight excluding hydrogens is 362 g/mol. The topological polar surface area (TPSA) is 88.6 Å². The molecule has 0 radical (unpaired) electrons. The first-order valence-corrected chi connectivity index (χ1v) is 11.4. The summed E-state index contributed by atoms with van der Waals surface area (Å²) in [5.74, 6) is 0.0394. The van der Waals surface area contributed by atoms with Crippen LogP contribution in [0, 0.1) is 11.3 Å². The molecule has 1 aromatic heterocycles. The molecule has 1 amide bonds. The van der Waals surface area contributed by atoms with Gasteiger partial charge in [0.05, 0.1) is 30.0 Å². The maximum atomic E-state index is 12.9. The summed E-state index contributed by atoms with van der Waals surface area (Å²) in [6.45, 7) is 3.71. The molecular formula is C16H23N3O4S2. The van der Waals surface area contributed by atoms with Gasteiger partial charge in [0.15, 0.2) is 9.84 Å². The molecule has 1 aromatic rings. The van der Waals surface area contributed by atoms with Crippen molar-refractivity contribution >= 4 is 27.1 Å². The maximum Gasteiger partial charge on any atom is 0.225 e. The minimum atomic E-state index is -2.93. The first-order chi connectivity index (χ1) is 12.0. The van der Waals surface area contributed by atoms with Crippen molar-refractivity contribution in [2.45, 2.75) is 25.4 Å². The van der Waals surface area contributed by atoms with Crippen molar-refractivity contribution in [2.75, 3.05) is 37.8 Å². The van der Waals surface area contributed by atoms with Gasteiger partial charge in [0, 0.05) is 43.3 Å². The summed E-state index contributed by atoms with van der Waals surface area (Å²) in [6, 6.07) is -0.220. The summed E-state index contributed by atoms with van der Waals surface area (Å²) in [6.07, 6.45) is 3.56. The molecule has 7 nitrogen and oxygen atoms in total. The number of amides is 1. The van der Waals surface area contributed by atoms with Gasteiger partial charge in [0.1, 0.15) is 5.01 Å². The Hall–Kier alpha value is -1.03. The van der Waals surface area contributed by atoms with Crippen molar-refractivity contribution in [2.24, 2.45) is 11.3 Å². The summed E-state index contributed by atoms with van der Waals surface area (Å²) in [4.78, 5) is 19.6. The van der Waals surface area contributed by atoms with Crippen LogP contribution < -0.4 is 5.32 Å². The zero-order valence-corrected chi connectivity index (χ0v) is 15.7. The molecule has 9 heteroatoms. The average molecular weight is 386 g/mol. The highest BCUT2D eigenvalue weighted by Gasteiger charge is 2.51. The number of hydrogen-bond donors (Lipinski definition) is 1.